The van der Waals surface area contributed by atoms with Crippen molar-refractivity contribution >= 4 is 49.3 Å². The van der Waals surface area contributed by atoms with Crippen molar-refractivity contribution in [1.82, 2.24) is 5.32 Å². The molecule has 0 atom stereocenters. The van der Waals surface area contributed by atoms with Gasteiger partial charge in [0.1, 0.15) is 3.79 Å². The van der Waals surface area contributed by atoms with E-state index in [-0.39, 0.29) is 5.54 Å². The second-order valence-corrected chi connectivity index (χ2v) is 7.70. The molecule has 1 rings (SSSR count). The van der Waals surface area contributed by atoms with Crippen LogP contribution in [-0.4, -0.2) is 11.6 Å². The summed E-state index contributed by atoms with van der Waals surface area (Å²) in [5.74, 6) is 0.522. The Morgan fingerprint density at radius 2 is 2.07 bits per heavy atom. The van der Waals surface area contributed by atoms with Gasteiger partial charge in [0.2, 0.25) is 0 Å². The Morgan fingerprint density at radius 1 is 1.47 bits per heavy atom. The number of ether oxygens (including phenoxy) is 1. The van der Waals surface area contributed by atoms with Gasteiger partial charge in [-0.1, -0.05) is 0 Å². The van der Waals surface area contributed by atoms with Crippen LogP contribution in [0.2, 0.25) is 0 Å². The molecule has 0 aliphatic carbocycles. The summed E-state index contributed by atoms with van der Waals surface area (Å²) in [7, 11) is 0. The molecule has 0 aromatic carbocycles. The maximum Gasteiger partial charge on any atom is 0.413 e. The van der Waals surface area contributed by atoms with Gasteiger partial charge >= 0.3 is 6.09 Å². The minimum absolute atomic E-state index is 0.295. The summed E-state index contributed by atoms with van der Waals surface area (Å²) in [5.41, 5.74) is -0.295. The number of carbonyl (C=O) groups is 1. The Hall–Kier alpha value is -0.0700. The minimum Gasteiger partial charge on any atom is -0.408 e. The number of amides is 1. The van der Waals surface area contributed by atoms with Crippen LogP contribution in [0.5, 0.6) is 5.75 Å². The molecule has 0 unspecified atom stereocenters. The first kappa shape index (κ1) is 13.0. The molecular formula is C9H11Br2NO2S. The van der Waals surface area contributed by atoms with E-state index in [0.29, 0.717) is 5.75 Å². The fourth-order valence-corrected chi connectivity index (χ4v) is 3.43. The van der Waals surface area contributed by atoms with Crippen molar-refractivity contribution in [3.8, 4) is 5.75 Å². The number of carbonyl (C=O) groups excluding carboxylic acids is 1. The summed E-state index contributed by atoms with van der Waals surface area (Å²) >= 11 is 8.08. The quantitative estimate of drug-likeness (QED) is 0.820. The molecule has 6 heteroatoms. The molecule has 15 heavy (non-hydrogen) atoms. The minimum atomic E-state index is -0.450. The lowest BCUT2D eigenvalue weighted by molar-refractivity contribution is 0.190. The zero-order valence-electron chi connectivity index (χ0n) is 8.56. The molecule has 1 aromatic rings. The van der Waals surface area contributed by atoms with Crippen molar-refractivity contribution in [2.45, 2.75) is 26.3 Å². The van der Waals surface area contributed by atoms with Crippen LogP contribution < -0.4 is 10.1 Å². The van der Waals surface area contributed by atoms with E-state index in [0.717, 1.165) is 7.57 Å². The van der Waals surface area contributed by atoms with Gasteiger partial charge < -0.3 is 10.1 Å². The van der Waals surface area contributed by atoms with E-state index in [2.05, 4.69) is 37.2 Å². The van der Waals surface area contributed by atoms with E-state index in [9.17, 15) is 4.79 Å². The molecule has 3 nitrogen and oxygen atoms in total. The predicted molar refractivity (Wildman–Crippen MR) is 68.6 cm³/mol. The molecule has 0 aliphatic rings. The molecule has 0 saturated heterocycles. The van der Waals surface area contributed by atoms with Crippen LogP contribution >= 0.6 is 43.2 Å². The van der Waals surface area contributed by atoms with Crippen LogP contribution in [0.3, 0.4) is 0 Å². The molecule has 0 fully saturated rings. The normalized spacial score (nSPS) is 11.3. The Balaban J connectivity index is 2.63. The third kappa shape index (κ3) is 4.53. The van der Waals surface area contributed by atoms with Gasteiger partial charge in [0.25, 0.3) is 0 Å². The van der Waals surface area contributed by atoms with E-state index in [1.165, 1.54) is 11.3 Å². The largest absolute Gasteiger partial charge is 0.413 e. The van der Waals surface area contributed by atoms with Crippen molar-refractivity contribution in [1.29, 1.82) is 0 Å². The highest BCUT2D eigenvalue weighted by Crippen LogP contribution is 2.37. The van der Waals surface area contributed by atoms with E-state index in [1.54, 1.807) is 6.07 Å². The topological polar surface area (TPSA) is 38.3 Å². The number of rotatable bonds is 1. The third-order valence-electron chi connectivity index (χ3n) is 1.31. The van der Waals surface area contributed by atoms with Crippen molar-refractivity contribution in [3.63, 3.8) is 0 Å². The zero-order chi connectivity index (χ0) is 11.6. The highest BCUT2D eigenvalue weighted by atomic mass is 79.9. The first-order valence-corrected chi connectivity index (χ1v) is 6.63. The third-order valence-corrected chi connectivity index (χ3v) is 3.59. The van der Waals surface area contributed by atoms with Crippen molar-refractivity contribution in [2.24, 2.45) is 0 Å². The van der Waals surface area contributed by atoms with Crippen molar-refractivity contribution in [3.05, 3.63) is 13.6 Å². The van der Waals surface area contributed by atoms with Crippen molar-refractivity contribution < 1.29 is 9.53 Å². The van der Waals surface area contributed by atoms with Crippen LogP contribution in [0.4, 0.5) is 4.79 Å². The number of halogens is 2. The van der Waals surface area contributed by atoms with Crippen molar-refractivity contribution in [2.75, 3.05) is 0 Å². The molecule has 1 amide bonds. The highest BCUT2D eigenvalue weighted by Gasteiger charge is 2.17. The maximum absolute atomic E-state index is 11.4. The molecular weight excluding hydrogens is 346 g/mol. The monoisotopic (exact) mass is 355 g/mol. The number of hydrogen-bond acceptors (Lipinski definition) is 3. The fraction of sp³-hybridized carbons (Fsp3) is 0.444. The zero-order valence-corrected chi connectivity index (χ0v) is 12.5. The fourth-order valence-electron chi connectivity index (χ4n) is 0.826. The molecule has 0 saturated carbocycles. The summed E-state index contributed by atoms with van der Waals surface area (Å²) in [6, 6.07) is 1.75. The average Bonchev–Trinajstić information content (AvgIpc) is 2.25. The SMILES string of the molecule is CC(C)(C)NC(=O)Oc1cc(Br)sc1Br. The lowest BCUT2D eigenvalue weighted by Crippen LogP contribution is -2.42. The predicted octanol–water partition coefficient (Wildman–Crippen LogP) is 4.16. The van der Waals surface area contributed by atoms with Gasteiger partial charge in [-0.05, 0) is 52.6 Å². The van der Waals surface area contributed by atoms with Gasteiger partial charge in [0.05, 0.1) is 3.79 Å². The van der Waals surface area contributed by atoms with Gasteiger partial charge in [0.15, 0.2) is 5.75 Å². The van der Waals surface area contributed by atoms with Crippen LogP contribution in [0.15, 0.2) is 13.6 Å². The van der Waals surface area contributed by atoms with E-state index < -0.39 is 6.09 Å². The standard InChI is InChI=1S/C9H11Br2NO2S/c1-9(2,3)12-8(13)14-5-4-6(10)15-7(5)11/h4H,1-3H3,(H,12,13). The lowest BCUT2D eigenvalue weighted by Gasteiger charge is -2.19. The lowest BCUT2D eigenvalue weighted by atomic mass is 10.1. The Labute approximate surface area is 109 Å². The van der Waals surface area contributed by atoms with Crippen LogP contribution in [0.1, 0.15) is 20.8 Å². The molecule has 84 valence electrons. The van der Waals surface area contributed by atoms with E-state index in [1.807, 2.05) is 20.8 Å². The summed E-state index contributed by atoms with van der Waals surface area (Å²) in [6.45, 7) is 5.69. The number of nitrogens with one attached hydrogen (secondary N) is 1. The Bertz CT molecular complexity index is 371. The summed E-state index contributed by atoms with van der Waals surface area (Å²) in [6.07, 6.45) is -0.450. The summed E-state index contributed by atoms with van der Waals surface area (Å²) < 4.78 is 6.83. The van der Waals surface area contributed by atoms with Gasteiger partial charge in [-0.25, -0.2) is 4.79 Å². The van der Waals surface area contributed by atoms with E-state index >= 15 is 0 Å². The highest BCUT2D eigenvalue weighted by molar-refractivity contribution is 9.12. The molecule has 1 aromatic heterocycles. The molecule has 1 heterocycles. The van der Waals surface area contributed by atoms with Gasteiger partial charge in [-0.15, -0.1) is 11.3 Å². The van der Waals surface area contributed by atoms with Crippen LogP contribution in [0.25, 0.3) is 0 Å². The van der Waals surface area contributed by atoms with Crippen LogP contribution in [0, 0.1) is 0 Å². The van der Waals surface area contributed by atoms with Crippen LogP contribution in [-0.2, 0) is 0 Å². The van der Waals surface area contributed by atoms with Gasteiger partial charge in [-0.2, -0.15) is 0 Å². The summed E-state index contributed by atoms with van der Waals surface area (Å²) in [5, 5.41) is 2.71. The molecule has 0 radical (unpaired) electrons. The molecule has 0 aliphatic heterocycles. The Kier molecular flexibility index (Phi) is 4.20. The van der Waals surface area contributed by atoms with Gasteiger partial charge in [-0.3, -0.25) is 0 Å². The molecule has 0 bridgehead atoms. The Morgan fingerprint density at radius 3 is 2.47 bits per heavy atom. The average molecular weight is 357 g/mol. The number of hydrogen-bond donors (Lipinski definition) is 1. The first-order chi connectivity index (χ1) is 6.78. The maximum atomic E-state index is 11.4. The molecule has 0 spiro atoms. The van der Waals surface area contributed by atoms with E-state index in [4.69, 9.17) is 4.74 Å². The number of thiophene rings is 1. The second-order valence-electron chi connectivity index (χ2n) is 3.95. The second kappa shape index (κ2) is 4.84. The summed E-state index contributed by atoms with van der Waals surface area (Å²) in [4.78, 5) is 11.4. The first-order valence-electron chi connectivity index (χ1n) is 4.23. The smallest absolute Gasteiger partial charge is 0.408 e. The molecule has 1 N–H and O–H groups in total. The van der Waals surface area contributed by atoms with Gasteiger partial charge in [0, 0.05) is 11.6 Å².